The van der Waals surface area contributed by atoms with Gasteiger partial charge in [0.1, 0.15) is 0 Å². The highest BCUT2D eigenvalue weighted by Gasteiger charge is 2.27. The molecule has 3 fully saturated rings. The van der Waals surface area contributed by atoms with E-state index in [9.17, 15) is 4.79 Å². The van der Waals surface area contributed by atoms with Crippen LogP contribution in [0.2, 0.25) is 0 Å². The van der Waals surface area contributed by atoms with E-state index < -0.39 is 0 Å². The number of thiophene rings is 1. The zero-order valence-electron chi connectivity index (χ0n) is 17.8. The monoisotopic (exact) mass is 425 g/mol. The number of anilines is 1. The average Bonchev–Trinajstić information content (AvgIpc) is 3.55. The maximum atomic E-state index is 12.8. The van der Waals surface area contributed by atoms with Crippen molar-refractivity contribution in [1.82, 2.24) is 9.80 Å². The van der Waals surface area contributed by atoms with Gasteiger partial charge in [-0.2, -0.15) is 0 Å². The minimum Gasteiger partial charge on any atom is -0.380 e. The lowest BCUT2D eigenvalue weighted by Crippen LogP contribution is -2.50. The molecule has 1 amide bonds. The molecule has 0 N–H and O–H groups in total. The lowest BCUT2D eigenvalue weighted by molar-refractivity contribution is 0.0797. The molecule has 0 spiro atoms. The number of carbonyl (C=O) groups excluding carboxylic acids is 1. The number of carbonyl (C=O) groups is 1. The Morgan fingerprint density at radius 3 is 2.43 bits per heavy atom. The molecule has 0 radical (unpaired) electrons. The van der Waals surface area contributed by atoms with E-state index >= 15 is 0 Å². The Morgan fingerprint density at radius 1 is 1.03 bits per heavy atom. The highest BCUT2D eigenvalue weighted by atomic mass is 32.1. The molecule has 6 heteroatoms. The highest BCUT2D eigenvalue weighted by molar-refractivity contribution is 7.17. The molecule has 5 rings (SSSR count). The van der Waals surface area contributed by atoms with Gasteiger partial charge in [0.05, 0.1) is 11.5 Å². The number of piperazine rings is 1. The highest BCUT2D eigenvalue weighted by Crippen LogP contribution is 2.34. The summed E-state index contributed by atoms with van der Waals surface area (Å²) in [6.45, 7) is 10.1. The molecule has 1 aromatic heterocycles. The molecule has 0 bridgehead atoms. The first kappa shape index (κ1) is 20.0. The first-order valence-electron chi connectivity index (χ1n) is 11.3. The van der Waals surface area contributed by atoms with Crippen molar-refractivity contribution >= 4 is 22.9 Å². The molecule has 4 heterocycles. The van der Waals surface area contributed by atoms with Gasteiger partial charge < -0.3 is 14.5 Å². The van der Waals surface area contributed by atoms with Crippen LogP contribution in [0.15, 0.2) is 30.3 Å². The van der Waals surface area contributed by atoms with E-state index in [0.717, 1.165) is 75.8 Å². The van der Waals surface area contributed by atoms with Crippen LogP contribution in [-0.4, -0.2) is 74.2 Å². The topological polar surface area (TPSA) is 36.0 Å². The smallest absolute Gasteiger partial charge is 0.264 e. The molecule has 160 valence electrons. The maximum absolute atomic E-state index is 12.8. The molecular formula is C24H31N3O2S. The fourth-order valence-corrected chi connectivity index (χ4v) is 6.04. The molecule has 0 aliphatic carbocycles. The number of benzene rings is 1. The van der Waals surface area contributed by atoms with Crippen LogP contribution in [0.3, 0.4) is 0 Å². The number of ether oxygens (including phenoxy) is 1. The summed E-state index contributed by atoms with van der Waals surface area (Å²) in [5.74, 6) is 0.211. The predicted octanol–water partition coefficient (Wildman–Crippen LogP) is 3.87. The number of aryl methyl sites for hydroxylation is 1. The van der Waals surface area contributed by atoms with Crippen LogP contribution in [0, 0.1) is 6.92 Å². The van der Waals surface area contributed by atoms with Crippen molar-refractivity contribution in [2.24, 2.45) is 0 Å². The number of amides is 1. The third-order valence-electron chi connectivity index (χ3n) is 6.76. The van der Waals surface area contributed by atoms with E-state index in [-0.39, 0.29) is 5.91 Å². The quantitative estimate of drug-likeness (QED) is 0.745. The molecule has 1 atom stereocenters. The minimum absolute atomic E-state index is 0.211. The maximum Gasteiger partial charge on any atom is 0.264 e. The molecule has 3 aliphatic rings. The van der Waals surface area contributed by atoms with E-state index in [2.05, 4.69) is 47.1 Å². The molecule has 30 heavy (non-hydrogen) atoms. The first-order chi connectivity index (χ1) is 14.7. The van der Waals surface area contributed by atoms with Crippen LogP contribution in [0.5, 0.6) is 0 Å². The fourth-order valence-electron chi connectivity index (χ4n) is 4.89. The van der Waals surface area contributed by atoms with Gasteiger partial charge in [-0.05, 0) is 55.5 Å². The van der Waals surface area contributed by atoms with Gasteiger partial charge in [0.25, 0.3) is 5.91 Å². The van der Waals surface area contributed by atoms with Gasteiger partial charge in [-0.25, -0.2) is 0 Å². The predicted molar refractivity (Wildman–Crippen MR) is 123 cm³/mol. The molecule has 2 aromatic rings. The van der Waals surface area contributed by atoms with Crippen molar-refractivity contribution in [2.45, 2.75) is 32.2 Å². The van der Waals surface area contributed by atoms with E-state index in [4.69, 9.17) is 4.74 Å². The van der Waals surface area contributed by atoms with Crippen molar-refractivity contribution in [3.63, 3.8) is 0 Å². The summed E-state index contributed by atoms with van der Waals surface area (Å²) in [5, 5.41) is 0. The lowest BCUT2D eigenvalue weighted by Gasteiger charge is -2.38. The normalized spacial score (nSPS) is 22.8. The number of hydrogen-bond acceptors (Lipinski definition) is 5. The molecule has 1 unspecified atom stereocenters. The van der Waals surface area contributed by atoms with E-state index in [1.54, 1.807) is 11.3 Å². The average molecular weight is 426 g/mol. The Labute approximate surface area is 183 Å². The van der Waals surface area contributed by atoms with Gasteiger partial charge in [-0.1, -0.05) is 12.1 Å². The number of hydrogen-bond donors (Lipinski definition) is 0. The second-order valence-corrected chi connectivity index (χ2v) is 9.76. The minimum atomic E-state index is 0.211. The van der Waals surface area contributed by atoms with Gasteiger partial charge >= 0.3 is 0 Å². The number of nitrogens with zero attached hydrogens (tertiary/aromatic N) is 3. The van der Waals surface area contributed by atoms with Crippen molar-refractivity contribution < 1.29 is 9.53 Å². The third kappa shape index (κ3) is 4.01. The van der Waals surface area contributed by atoms with Gasteiger partial charge in [0.15, 0.2) is 0 Å². The Hall–Kier alpha value is -1.89. The zero-order chi connectivity index (χ0) is 20.5. The van der Waals surface area contributed by atoms with Crippen molar-refractivity contribution in [1.29, 1.82) is 0 Å². The van der Waals surface area contributed by atoms with Crippen LogP contribution < -0.4 is 4.90 Å². The molecule has 3 saturated heterocycles. The van der Waals surface area contributed by atoms with E-state index in [1.807, 2.05) is 4.90 Å². The van der Waals surface area contributed by atoms with Crippen molar-refractivity contribution in [2.75, 3.05) is 57.4 Å². The molecular weight excluding hydrogens is 394 g/mol. The molecule has 5 nitrogen and oxygen atoms in total. The van der Waals surface area contributed by atoms with Gasteiger partial charge in [-0.15, -0.1) is 11.3 Å². The van der Waals surface area contributed by atoms with Crippen LogP contribution in [0.25, 0.3) is 10.4 Å². The van der Waals surface area contributed by atoms with E-state index in [0.29, 0.717) is 6.04 Å². The Bertz CT molecular complexity index is 874. The van der Waals surface area contributed by atoms with Crippen LogP contribution in [0.1, 0.15) is 34.5 Å². The Morgan fingerprint density at radius 2 is 1.77 bits per heavy atom. The van der Waals surface area contributed by atoms with Crippen LogP contribution in [0.4, 0.5) is 5.69 Å². The van der Waals surface area contributed by atoms with Crippen LogP contribution >= 0.6 is 11.3 Å². The van der Waals surface area contributed by atoms with Gasteiger partial charge in [-0.3, -0.25) is 9.69 Å². The summed E-state index contributed by atoms with van der Waals surface area (Å²) >= 11 is 1.64. The SMILES string of the molecule is Cc1cc(-c2ccc(N3CCN(C4CCOC4)CC3)cc2)sc1C(=O)N1CCCC1. The van der Waals surface area contributed by atoms with Crippen LogP contribution in [-0.2, 0) is 4.74 Å². The summed E-state index contributed by atoms with van der Waals surface area (Å²) in [6.07, 6.45) is 3.44. The fraction of sp³-hybridized carbons (Fsp3) is 0.542. The van der Waals surface area contributed by atoms with Gasteiger partial charge in [0.2, 0.25) is 0 Å². The van der Waals surface area contributed by atoms with E-state index in [1.165, 1.54) is 22.5 Å². The number of rotatable bonds is 4. The molecule has 0 saturated carbocycles. The second-order valence-electron chi connectivity index (χ2n) is 8.71. The summed E-state index contributed by atoms with van der Waals surface area (Å²) < 4.78 is 5.55. The summed E-state index contributed by atoms with van der Waals surface area (Å²) in [5.41, 5.74) is 3.60. The Kier molecular flexibility index (Phi) is 5.81. The van der Waals surface area contributed by atoms with Crippen molar-refractivity contribution in [3.05, 3.63) is 40.8 Å². The molecule has 3 aliphatic heterocycles. The Balaban J connectivity index is 1.24. The zero-order valence-corrected chi connectivity index (χ0v) is 18.6. The third-order valence-corrected chi connectivity index (χ3v) is 8.03. The number of likely N-dealkylation sites (tertiary alicyclic amines) is 1. The van der Waals surface area contributed by atoms with Gasteiger partial charge in [0, 0.05) is 62.5 Å². The summed E-state index contributed by atoms with van der Waals surface area (Å²) in [4.78, 5) is 22.0. The summed E-state index contributed by atoms with van der Waals surface area (Å²) in [6, 6.07) is 11.7. The lowest BCUT2D eigenvalue weighted by atomic mass is 10.1. The largest absolute Gasteiger partial charge is 0.380 e. The first-order valence-corrected chi connectivity index (χ1v) is 12.1. The van der Waals surface area contributed by atoms with Crippen molar-refractivity contribution in [3.8, 4) is 10.4 Å². The molecule has 1 aromatic carbocycles. The standard InChI is InChI=1S/C24H31N3O2S/c1-18-16-22(30-23(18)24(28)27-9-2-3-10-27)19-4-6-20(7-5-19)25-11-13-26(14-12-25)21-8-15-29-17-21/h4-7,16,21H,2-3,8-15,17H2,1H3. The summed E-state index contributed by atoms with van der Waals surface area (Å²) in [7, 11) is 0. The second kappa shape index (κ2) is 8.69.